The molecule has 0 bridgehead atoms. The molecule has 6 heteroatoms. The molecule has 0 fully saturated rings. The molecule has 2 aromatic carbocycles. The zero-order valence-electron chi connectivity index (χ0n) is 16.3. The highest BCUT2D eigenvalue weighted by Gasteiger charge is 2.19. The van der Waals surface area contributed by atoms with Gasteiger partial charge in [0.1, 0.15) is 12.4 Å². The van der Waals surface area contributed by atoms with Crippen LogP contribution in [0.3, 0.4) is 0 Å². The van der Waals surface area contributed by atoms with Crippen LogP contribution in [0.2, 0.25) is 0 Å². The van der Waals surface area contributed by atoms with E-state index in [2.05, 4.69) is 29.4 Å². The lowest BCUT2D eigenvalue weighted by molar-refractivity contribution is -0.122. The Balaban J connectivity index is 1.80. The predicted molar refractivity (Wildman–Crippen MR) is 108 cm³/mol. The van der Waals surface area contributed by atoms with E-state index in [4.69, 9.17) is 0 Å². The summed E-state index contributed by atoms with van der Waals surface area (Å²) >= 11 is 0. The van der Waals surface area contributed by atoms with Gasteiger partial charge in [-0.25, -0.2) is 9.37 Å². The number of hydrogen-bond acceptors (Lipinski definition) is 3. The molecule has 1 heterocycles. The Kier molecular flexibility index (Phi) is 5.87. The number of benzene rings is 2. The van der Waals surface area contributed by atoms with Crippen LogP contribution in [0.25, 0.3) is 10.9 Å². The Bertz CT molecular complexity index is 1040. The molecule has 1 N–H and O–H groups in total. The molecule has 3 aromatic rings. The van der Waals surface area contributed by atoms with Crippen molar-refractivity contribution in [3.05, 3.63) is 76.1 Å². The van der Waals surface area contributed by atoms with Gasteiger partial charge in [0.2, 0.25) is 5.91 Å². The molecule has 0 saturated carbocycles. The second-order valence-corrected chi connectivity index (χ2v) is 7.22. The molecule has 1 amide bonds. The maximum absolute atomic E-state index is 13.5. The van der Waals surface area contributed by atoms with Crippen molar-refractivity contribution in [1.29, 1.82) is 0 Å². The van der Waals surface area contributed by atoms with Crippen molar-refractivity contribution in [2.45, 2.75) is 39.8 Å². The third kappa shape index (κ3) is 4.27. The Labute approximate surface area is 163 Å². The topological polar surface area (TPSA) is 64.0 Å². The molecule has 1 unspecified atom stereocenters. The predicted octanol–water partition coefficient (Wildman–Crippen LogP) is 3.61. The minimum absolute atomic E-state index is 0.158. The van der Waals surface area contributed by atoms with Crippen molar-refractivity contribution < 1.29 is 9.18 Å². The number of aromatic nitrogens is 2. The minimum Gasteiger partial charge on any atom is -0.347 e. The van der Waals surface area contributed by atoms with Crippen LogP contribution < -0.4 is 10.9 Å². The van der Waals surface area contributed by atoms with Gasteiger partial charge in [-0.05, 0) is 41.7 Å². The van der Waals surface area contributed by atoms with Gasteiger partial charge in [0, 0.05) is 0 Å². The summed E-state index contributed by atoms with van der Waals surface area (Å²) in [7, 11) is 0. The molecule has 3 rings (SSSR count). The summed E-state index contributed by atoms with van der Waals surface area (Å²) in [6, 6.07) is 11.8. The number of halogens is 1. The van der Waals surface area contributed by atoms with E-state index < -0.39 is 11.4 Å². The first-order valence-electron chi connectivity index (χ1n) is 9.42. The lowest BCUT2D eigenvalue weighted by Crippen LogP contribution is -2.36. The average molecular weight is 381 g/mol. The van der Waals surface area contributed by atoms with Gasteiger partial charge in [-0.2, -0.15) is 0 Å². The fraction of sp³-hybridized carbons (Fsp3) is 0.318. The molecule has 0 saturated heterocycles. The van der Waals surface area contributed by atoms with E-state index in [-0.39, 0.29) is 29.8 Å². The number of nitrogens with zero attached hydrogens (tertiary/aromatic N) is 2. The van der Waals surface area contributed by atoms with Crippen molar-refractivity contribution in [3.63, 3.8) is 0 Å². The smallest absolute Gasteiger partial charge is 0.261 e. The Morgan fingerprint density at radius 3 is 2.54 bits per heavy atom. The fourth-order valence-corrected chi connectivity index (χ4v) is 3.21. The van der Waals surface area contributed by atoms with Crippen LogP contribution in [-0.2, 0) is 17.8 Å². The van der Waals surface area contributed by atoms with E-state index in [9.17, 15) is 14.0 Å². The first-order valence-corrected chi connectivity index (χ1v) is 9.42. The fourth-order valence-electron chi connectivity index (χ4n) is 3.21. The normalized spacial score (nSPS) is 12.3. The Morgan fingerprint density at radius 2 is 1.89 bits per heavy atom. The molecule has 0 radical (unpaired) electrons. The first kappa shape index (κ1) is 19.7. The van der Waals surface area contributed by atoms with E-state index in [0.29, 0.717) is 5.52 Å². The highest BCUT2D eigenvalue weighted by molar-refractivity contribution is 5.79. The first-order chi connectivity index (χ1) is 13.4. The molecule has 0 aliphatic rings. The number of aryl methyl sites for hydroxylation is 1. The lowest BCUT2D eigenvalue weighted by Gasteiger charge is -2.23. The van der Waals surface area contributed by atoms with Crippen LogP contribution in [0.5, 0.6) is 0 Å². The summed E-state index contributed by atoms with van der Waals surface area (Å²) in [5.74, 6) is -0.626. The van der Waals surface area contributed by atoms with Gasteiger partial charge in [-0.1, -0.05) is 45.0 Å². The summed E-state index contributed by atoms with van der Waals surface area (Å²) < 4.78 is 14.7. The van der Waals surface area contributed by atoms with Crippen LogP contribution in [0, 0.1) is 11.7 Å². The third-order valence-electron chi connectivity index (χ3n) is 4.83. The number of rotatable bonds is 6. The van der Waals surface area contributed by atoms with E-state index >= 15 is 0 Å². The van der Waals surface area contributed by atoms with Crippen LogP contribution >= 0.6 is 0 Å². The van der Waals surface area contributed by atoms with Crippen LogP contribution in [-0.4, -0.2) is 15.5 Å². The van der Waals surface area contributed by atoms with E-state index in [1.807, 2.05) is 26.0 Å². The van der Waals surface area contributed by atoms with Crippen molar-refractivity contribution >= 4 is 16.8 Å². The number of amides is 1. The van der Waals surface area contributed by atoms with E-state index in [0.717, 1.165) is 18.1 Å². The third-order valence-corrected chi connectivity index (χ3v) is 4.83. The van der Waals surface area contributed by atoms with Gasteiger partial charge < -0.3 is 5.32 Å². The van der Waals surface area contributed by atoms with Crippen molar-refractivity contribution in [3.8, 4) is 0 Å². The molecule has 1 atom stereocenters. The average Bonchev–Trinajstić information content (AvgIpc) is 2.68. The summed E-state index contributed by atoms with van der Waals surface area (Å²) in [5.41, 5.74) is 2.22. The molecular weight excluding hydrogens is 357 g/mol. The largest absolute Gasteiger partial charge is 0.347 e. The number of fused-ring (bicyclic) bond motifs is 1. The molecule has 1 aromatic heterocycles. The maximum atomic E-state index is 13.5. The summed E-state index contributed by atoms with van der Waals surface area (Å²) in [6.07, 6.45) is 2.28. The van der Waals surface area contributed by atoms with Crippen molar-refractivity contribution in [2.24, 2.45) is 5.92 Å². The molecule has 28 heavy (non-hydrogen) atoms. The molecule has 0 aliphatic heterocycles. The Hall–Kier alpha value is -3.02. The summed E-state index contributed by atoms with van der Waals surface area (Å²) in [4.78, 5) is 29.3. The summed E-state index contributed by atoms with van der Waals surface area (Å²) in [5, 5.41) is 3.16. The zero-order valence-corrected chi connectivity index (χ0v) is 16.3. The van der Waals surface area contributed by atoms with Gasteiger partial charge in [0.15, 0.2) is 0 Å². The monoisotopic (exact) mass is 381 g/mol. The van der Waals surface area contributed by atoms with Crippen LogP contribution in [0.1, 0.15) is 37.9 Å². The molecule has 0 spiro atoms. The maximum Gasteiger partial charge on any atom is 0.261 e. The molecule has 0 aliphatic carbocycles. The van der Waals surface area contributed by atoms with Crippen molar-refractivity contribution in [2.75, 3.05) is 0 Å². The SMILES string of the molecule is CCc1ccc(C(NC(=O)Cn2cnc3ccc(F)cc3c2=O)C(C)C)cc1. The molecule has 146 valence electrons. The number of nitrogens with one attached hydrogen (secondary N) is 1. The van der Waals surface area contributed by atoms with Gasteiger partial charge in [0.05, 0.1) is 23.3 Å². The molecule has 5 nitrogen and oxygen atoms in total. The quantitative estimate of drug-likeness (QED) is 0.709. The van der Waals surface area contributed by atoms with Gasteiger partial charge in [-0.3, -0.25) is 14.2 Å². The Morgan fingerprint density at radius 1 is 1.18 bits per heavy atom. The molecular formula is C22H24FN3O2. The lowest BCUT2D eigenvalue weighted by atomic mass is 9.95. The van der Waals surface area contributed by atoms with E-state index in [1.54, 1.807) is 0 Å². The van der Waals surface area contributed by atoms with E-state index in [1.165, 1.54) is 28.6 Å². The van der Waals surface area contributed by atoms with Crippen LogP contribution in [0.4, 0.5) is 4.39 Å². The second kappa shape index (κ2) is 8.33. The van der Waals surface area contributed by atoms with Crippen molar-refractivity contribution in [1.82, 2.24) is 14.9 Å². The van der Waals surface area contributed by atoms with Gasteiger partial charge in [0.25, 0.3) is 5.56 Å². The highest BCUT2D eigenvalue weighted by atomic mass is 19.1. The number of carbonyl (C=O) groups excluding carboxylic acids is 1. The second-order valence-electron chi connectivity index (χ2n) is 7.22. The highest BCUT2D eigenvalue weighted by Crippen LogP contribution is 2.22. The van der Waals surface area contributed by atoms with Gasteiger partial charge in [-0.15, -0.1) is 0 Å². The summed E-state index contributed by atoms with van der Waals surface area (Å²) in [6.45, 7) is 5.99. The van der Waals surface area contributed by atoms with Crippen LogP contribution in [0.15, 0.2) is 53.6 Å². The number of carbonyl (C=O) groups is 1. The number of hydrogen-bond donors (Lipinski definition) is 1. The minimum atomic E-state index is -0.510. The standard InChI is InChI=1S/C22H24FN3O2/c1-4-15-5-7-16(8-6-15)21(14(2)3)25-20(27)12-26-13-24-19-10-9-17(23)11-18(19)22(26)28/h5-11,13-14,21H,4,12H2,1-3H3,(H,25,27). The zero-order chi connectivity index (χ0) is 20.3. The van der Waals surface area contributed by atoms with Gasteiger partial charge >= 0.3 is 0 Å².